The number of hydrogen-bond acceptors (Lipinski definition) is 2. The van der Waals surface area contributed by atoms with Gasteiger partial charge in [-0.1, -0.05) is 34.6 Å². The number of alkyl halides is 2. The number of hydrogen-bond donors (Lipinski definition) is 0. The van der Waals surface area contributed by atoms with Crippen LogP contribution in [0.3, 0.4) is 0 Å². The molecule has 2 saturated heterocycles. The van der Waals surface area contributed by atoms with Gasteiger partial charge < -0.3 is 4.90 Å². The SMILES string of the molecule is CC.CCN1CCC(F)(CN2CCC(C(C)C)C(F)C2)CC1. The molecule has 0 saturated carbocycles. The van der Waals surface area contributed by atoms with Gasteiger partial charge in [0.2, 0.25) is 0 Å². The van der Waals surface area contributed by atoms with Gasteiger partial charge in [0.25, 0.3) is 0 Å². The molecule has 0 aromatic carbocycles. The van der Waals surface area contributed by atoms with Crippen molar-refractivity contribution in [3.05, 3.63) is 0 Å². The van der Waals surface area contributed by atoms with Gasteiger partial charge in [-0.05, 0) is 44.2 Å². The van der Waals surface area contributed by atoms with Crippen molar-refractivity contribution in [2.45, 2.75) is 65.7 Å². The van der Waals surface area contributed by atoms with Crippen molar-refractivity contribution in [2.75, 3.05) is 39.3 Å². The molecule has 2 heterocycles. The molecule has 2 atom stereocenters. The van der Waals surface area contributed by atoms with E-state index >= 15 is 0 Å². The third kappa shape index (κ3) is 5.45. The summed E-state index contributed by atoms with van der Waals surface area (Å²) in [4.78, 5) is 4.31. The highest BCUT2D eigenvalue weighted by Crippen LogP contribution is 2.32. The average Bonchev–Trinajstić information content (AvgIpc) is 2.49. The average molecular weight is 318 g/mol. The maximum atomic E-state index is 14.9. The quantitative estimate of drug-likeness (QED) is 0.768. The molecule has 0 amide bonds. The molecule has 0 spiro atoms. The van der Waals surface area contributed by atoms with E-state index in [0.29, 0.717) is 31.8 Å². The maximum Gasteiger partial charge on any atom is 0.126 e. The summed E-state index contributed by atoms with van der Waals surface area (Å²) in [7, 11) is 0. The van der Waals surface area contributed by atoms with E-state index in [1.807, 2.05) is 18.7 Å². The monoisotopic (exact) mass is 318 g/mol. The molecule has 132 valence electrons. The summed E-state index contributed by atoms with van der Waals surface area (Å²) in [6, 6.07) is 0. The van der Waals surface area contributed by atoms with Crippen LogP contribution in [0.15, 0.2) is 0 Å². The fourth-order valence-corrected chi connectivity index (χ4v) is 3.71. The first kappa shape index (κ1) is 19.8. The maximum absolute atomic E-state index is 14.9. The predicted molar refractivity (Wildman–Crippen MR) is 90.8 cm³/mol. The van der Waals surface area contributed by atoms with Crippen LogP contribution in [-0.2, 0) is 0 Å². The summed E-state index contributed by atoms with van der Waals surface area (Å²) in [5, 5.41) is 0. The van der Waals surface area contributed by atoms with E-state index in [9.17, 15) is 8.78 Å². The van der Waals surface area contributed by atoms with E-state index < -0.39 is 11.8 Å². The van der Waals surface area contributed by atoms with Crippen molar-refractivity contribution in [1.29, 1.82) is 0 Å². The molecule has 2 aliphatic heterocycles. The highest BCUT2D eigenvalue weighted by atomic mass is 19.1. The zero-order valence-corrected chi connectivity index (χ0v) is 15.2. The van der Waals surface area contributed by atoms with Gasteiger partial charge in [0.05, 0.1) is 0 Å². The van der Waals surface area contributed by atoms with Crippen molar-refractivity contribution in [1.82, 2.24) is 9.80 Å². The number of nitrogens with zero attached hydrogens (tertiary/aromatic N) is 2. The molecule has 0 aromatic rings. The van der Waals surface area contributed by atoms with E-state index in [4.69, 9.17) is 0 Å². The minimum Gasteiger partial charge on any atom is -0.303 e. The Hall–Kier alpha value is -0.220. The number of piperidine rings is 2. The first-order valence-corrected chi connectivity index (χ1v) is 9.21. The fraction of sp³-hybridized carbons (Fsp3) is 1.00. The highest BCUT2D eigenvalue weighted by Gasteiger charge is 2.39. The summed E-state index contributed by atoms with van der Waals surface area (Å²) in [5.41, 5.74) is -1.10. The van der Waals surface area contributed by atoms with E-state index in [1.54, 1.807) is 0 Å². The molecule has 0 aromatic heterocycles. The van der Waals surface area contributed by atoms with E-state index in [1.165, 1.54) is 0 Å². The van der Waals surface area contributed by atoms with E-state index in [0.717, 1.165) is 32.6 Å². The van der Waals surface area contributed by atoms with Crippen LogP contribution in [0.5, 0.6) is 0 Å². The lowest BCUT2D eigenvalue weighted by Gasteiger charge is -2.42. The molecule has 4 heteroatoms. The second-order valence-corrected chi connectivity index (χ2v) is 7.03. The summed E-state index contributed by atoms with van der Waals surface area (Å²) in [6.45, 7) is 14.7. The highest BCUT2D eigenvalue weighted by molar-refractivity contribution is 4.91. The van der Waals surface area contributed by atoms with Crippen molar-refractivity contribution in [2.24, 2.45) is 11.8 Å². The number of rotatable bonds is 4. The van der Waals surface area contributed by atoms with Gasteiger partial charge in [0.15, 0.2) is 0 Å². The lowest BCUT2D eigenvalue weighted by molar-refractivity contribution is -0.00747. The van der Waals surface area contributed by atoms with Gasteiger partial charge in [-0.3, -0.25) is 4.90 Å². The third-order valence-electron chi connectivity index (χ3n) is 5.24. The molecule has 0 bridgehead atoms. The van der Waals surface area contributed by atoms with Crippen LogP contribution in [0, 0.1) is 11.8 Å². The van der Waals surface area contributed by atoms with E-state index in [-0.39, 0.29) is 5.92 Å². The second-order valence-electron chi connectivity index (χ2n) is 7.03. The molecule has 0 radical (unpaired) electrons. The van der Waals surface area contributed by atoms with Crippen LogP contribution >= 0.6 is 0 Å². The number of likely N-dealkylation sites (tertiary alicyclic amines) is 2. The molecule has 2 rings (SSSR count). The summed E-state index contributed by atoms with van der Waals surface area (Å²) in [5.74, 6) is 0.544. The fourth-order valence-electron chi connectivity index (χ4n) is 3.71. The normalized spacial score (nSPS) is 30.0. The van der Waals surface area contributed by atoms with Gasteiger partial charge in [0, 0.05) is 26.2 Å². The summed E-state index contributed by atoms with van der Waals surface area (Å²) in [6.07, 6.45) is 1.28. The van der Waals surface area contributed by atoms with Crippen molar-refractivity contribution >= 4 is 0 Å². The van der Waals surface area contributed by atoms with Gasteiger partial charge in [0.1, 0.15) is 11.8 Å². The van der Waals surface area contributed by atoms with Crippen LogP contribution in [0.4, 0.5) is 8.78 Å². The molecule has 2 aliphatic rings. The minimum absolute atomic E-state index is 0.156. The largest absolute Gasteiger partial charge is 0.303 e. The molecule has 0 N–H and O–H groups in total. The standard InChI is InChI=1S/C16H30F2N2.C2H6/c1-4-19-9-6-16(18,7-10-19)12-20-8-5-14(13(2)3)15(17)11-20;1-2/h13-15H,4-12H2,1-3H3;1-2H3. The smallest absolute Gasteiger partial charge is 0.126 e. The zero-order chi connectivity index (χ0) is 16.8. The Labute approximate surface area is 136 Å². The third-order valence-corrected chi connectivity index (χ3v) is 5.24. The van der Waals surface area contributed by atoms with Gasteiger partial charge in [-0.25, -0.2) is 8.78 Å². The summed E-state index contributed by atoms with van der Waals surface area (Å²) >= 11 is 0. The Morgan fingerprint density at radius 1 is 1.09 bits per heavy atom. The van der Waals surface area contributed by atoms with Crippen LogP contribution in [-0.4, -0.2) is 60.9 Å². The van der Waals surface area contributed by atoms with Crippen LogP contribution in [0.1, 0.15) is 53.9 Å². The van der Waals surface area contributed by atoms with Crippen molar-refractivity contribution < 1.29 is 8.78 Å². The minimum atomic E-state index is -1.10. The lowest BCUT2D eigenvalue weighted by atomic mass is 9.84. The summed E-state index contributed by atoms with van der Waals surface area (Å²) < 4.78 is 29.0. The molecule has 2 fully saturated rings. The Kier molecular flexibility index (Phi) is 8.26. The topological polar surface area (TPSA) is 6.48 Å². The van der Waals surface area contributed by atoms with E-state index in [2.05, 4.69) is 25.7 Å². The molecule has 2 unspecified atom stereocenters. The van der Waals surface area contributed by atoms with Gasteiger partial charge >= 0.3 is 0 Å². The Bertz CT molecular complexity index is 301. The molecule has 0 aliphatic carbocycles. The Balaban J connectivity index is 0.00000116. The zero-order valence-electron chi connectivity index (χ0n) is 15.2. The molecule has 22 heavy (non-hydrogen) atoms. The Morgan fingerprint density at radius 3 is 2.14 bits per heavy atom. The second kappa shape index (κ2) is 9.17. The lowest BCUT2D eigenvalue weighted by Crippen LogP contribution is -2.52. The molecule has 2 nitrogen and oxygen atoms in total. The van der Waals surface area contributed by atoms with Gasteiger partial charge in [-0.15, -0.1) is 0 Å². The van der Waals surface area contributed by atoms with Crippen molar-refractivity contribution in [3.8, 4) is 0 Å². The number of halogens is 2. The van der Waals surface area contributed by atoms with Gasteiger partial charge in [-0.2, -0.15) is 0 Å². The van der Waals surface area contributed by atoms with Crippen molar-refractivity contribution in [3.63, 3.8) is 0 Å². The van der Waals surface area contributed by atoms with Crippen LogP contribution in [0.2, 0.25) is 0 Å². The first-order chi connectivity index (χ1) is 10.4. The molecular weight excluding hydrogens is 282 g/mol. The first-order valence-electron chi connectivity index (χ1n) is 9.21. The Morgan fingerprint density at radius 2 is 1.68 bits per heavy atom. The van der Waals surface area contributed by atoms with Crippen LogP contribution in [0.25, 0.3) is 0 Å². The predicted octanol–water partition coefficient (Wildman–Crippen LogP) is 4.15. The molecular formula is C18H36F2N2. The van der Waals surface area contributed by atoms with Crippen LogP contribution < -0.4 is 0 Å².